The molecule has 3 rings (SSSR count). The number of hydrogen-bond acceptors (Lipinski definition) is 2. The molecule has 0 fully saturated rings. The van der Waals surface area contributed by atoms with Crippen LogP contribution in [-0.4, -0.2) is 20.9 Å². The minimum atomic E-state index is -1.05. The number of aromatic nitrogens is 2. The van der Waals surface area contributed by atoms with Crippen molar-refractivity contribution in [3.8, 4) is 16.9 Å². The molecule has 1 N–H and O–H groups in total. The summed E-state index contributed by atoms with van der Waals surface area (Å²) in [6.07, 6.45) is 0. The van der Waals surface area contributed by atoms with Crippen molar-refractivity contribution in [3.05, 3.63) is 71.2 Å². The fraction of sp³-hybridized carbons (Fsp3) is 0.111. The molecule has 3 aromatic rings. The summed E-state index contributed by atoms with van der Waals surface area (Å²) in [5.41, 5.74) is 3.36. The van der Waals surface area contributed by atoms with Crippen LogP contribution in [0.2, 0.25) is 0 Å². The van der Waals surface area contributed by atoms with Crippen molar-refractivity contribution in [2.45, 2.75) is 13.8 Å². The van der Waals surface area contributed by atoms with E-state index >= 15 is 0 Å². The molecule has 23 heavy (non-hydrogen) atoms. The van der Waals surface area contributed by atoms with Gasteiger partial charge in [0, 0.05) is 5.56 Å². The summed E-state index contributed by atoms with van der Waals surface area (Å²) in [4.78, 5) is 11.7. The van der Waals surface area contributed by atoms with Crippen LogP contribution in [-0.2, 0) is 0 Å². The zero-order valence-electron chi connectivity index (χ0n) is 12.7. The van der Waals surface area contributed by atoms with Gasteiger partial charge < -0.3 is 5.11 Å². The summed E-state index contributed by atoms with van der Waals surface area (Å²) in [6, 6.07) is 13.3. The smallest absolute Gasteiger partial charge is 0.339 e. The van der Waals surface area contributed by atoms with Crippen molar-refractivity contribution in [2.75, 3.05) is 0 Å². The average molecular weight is 310 g/mol. The highest BCUT2D eigenvalue weighted by Crippen LogP contribution is 2.30. The van der Waals surface area contributed by atoms with Crippen LogP contribution >= 0.6 is 0 Å². The first kappa shape index (κ1) is 15.0. The summed E-state index contributed by atoms with van der Waals surface area (Å²) in [5.74, 6) is -1.43. The number of aryl methyl sites for hydroxylation is 2. The van der Waals surface area contributed by atoms with Crippen molar-refractivity contribution >= 4 is 5.97 Å². The van der Waals surface area contributed by atoms with Gasteiger partial charge in [-0.25, -0.2) is 13.9 Å². The van der Waals surface area contributed by atoms with Gasteiger partial charge in [0.05, 0.1) is 17.1 Å². The number of rotatable bonds is 3. The quantitative estimate of drug-likeness (QED) is 0.795. The lowest BCUT2D eigenvalue weighted by molar-refractivity contribution is 0.0697. The molecule has 0 unspecified atom stereocenters. The SMILES string of the molecule is Cc1ccccc1-n1nc(C)c(C(=O)O)c1-c1ccc(F)cc1. The summed E-state index contributed by atoms with van der Waals surface area (Å²) < 4.78 is 14.8. The molecule has 0 radical (unpaired) electrons. The minimum absolute atomic E-state index is 0.125. The van der Waals surface area contributed by atoms with Gasteiger partial charge in [0.1, 0.15) is 11.4 Å². The predicted octanol–water partition coefficient (Wildman–Crippen LogP) is 3.99. The molecule has 116 valence electrons. The number of aromatic carboxylic acids is 1. The van der Waals surface area contributed by atoms with Gasteiger partial charge in [0.15, 0.2) is 0 Å². The van der Waals surface area contributed by atoms with E-state index < -0.39 is 5.97 Å². The summed E-state index contributed by atoms with van der Waals surface area (Å²) >= 11 is 0. The maximum absolute atomic E-state index is 13.2. The Bertz CT molecular complexity index is 883. The van der Waals surface area contributed by atoms with Crippen LogP contribution < -0.4 is 0 Å². The third kappa shape index (κ3) is 2.61. The molecular formula is C18H15FN2O2. The number of halogens is 1. The maximum Gasteiger partial charge on any atom is 0.339 e. The van der Waals surface area contributed by atoms with Crippen molar-refractivity contribution < 1.29 is 14.3 Å². The van der Waals surface area contributed by atoms with Gasteiger partial charge in [-0.3, -0.25) is 0 Å². The molecule has 2 aromatic carbocycles. The Hall–Kier alpha value is -2.95. The van der Waals surface area contributed by atoms with Gasteiger partial charge in [-0.15, -0.1) is 0 Å². The number of carboxylic acids is 1. The molecule has 5 heteroatoms. The Labute approximate surface area is 132 Å². The molecule has 0 amide bonds. The Morgan fingerprint density at radius 1 is 1.09 bits per heavy atom. The van der Waals surface area contributed by atoms with Crippen molar-refractivity contribution in [2.24, 2.45) is 0 Å². The maximum atomic E-state index is 13.2. The molecule has 0 saturated heterocycles. The van der Waals surface area contributed by atoms with Crippen LogP contribution in [0.1, 0.15) is 21.6 Å². The lowest BCUT2D eigenvalue weighted by Crippen LogP contribution is -2.04. The average Bonchev–Trinajstić information content (AvgIpc) is 2.86. The van der Waals surface area contributed by atoms with E-state index in [1.54, 1.807) is 23.7 Å². The molecule has 0 spiro atoms. The largest absolute Gasteiger partial charge is 0.478 e. The molecule has 0 aliphatic rings. The lowest BCUT2D eigenvalue weighted by Gasteiger charge is -2.11. The Morgan fingerprint density at radius 3 is 2.35 bits per heavy atom. The second-order valence-electron chi connectivity index (χ2n) is 5.32. The highest BCUT2D eigenvalue weighted by molar-refractivity contribution is 5.96. The number of benzene rings is 2. The number of para-hydroxylation sites is 1. The van der Waals surface area contributed by atoms with Gasteiger partial charge in [0.25, 0.3) is 0 Å². The first-order chi connectivity index (χ1) is 11.0. The summed E-state index contributed by atoms with van der Waals surface area (Å²) in [5, 5.41) is 14.0. The Kier molecular flexibility index (Phi) is 3.70. The molecule has 0 atom stereocenters. The zero-order chi connectivity index (χ0) is 16.6. The normalized spacial score (nSPS) is 10.7. The number of nitrogens with zero attached hydrogens (tertiary/aromatic N) is 2. The Balaban J connectivity index is 2.33. The number of carboxylic acid groups (broad SMARTS) is 1. The van der Waals surface area contributed by atoms with E-state index in [4.69, 9.17) is 0 Å². The van der Waals surface area contributed by atoms with E-state index in [1.807, 2.05) is 31.2 Å². The topological polar surface area (TPSA) is 55.1 Å². The summed E-state index contributed by atoms with van der Waals surface area (Å²) in [7, 11) is 0. The molecule has 0 saturated carbocycles. The number of hydrogen-bond donors (Lipinski definition) is 1. The second kappa shape index (κ2) is 5.68. The van der Waals surface area contributed by atoms with Crippen LogP contribution in [0.3, 0.4) is 0 Å². The summed E-state index contributed by atoms with van der Waals surface area (Å²) in [6.45, 7) is 3.59. The van der Waals surface area contributed by atoms with E-state index in [0.29, 0.717) is 17.0 Å². The monoisotopic (exact) mass is 310 g/mol. The zero-order valence-corrected chi connectivity index (χ0v) is 12.7. The van der Waals surface area contributed by atoms with Crippen LogP contribution in [0.25, 0.3) is 16.9 Å². The van der Waals surface area contributed by atoms with E-state index in [2.05, 4.69) is 5.10 Å². The van der Waals surface area contributed by atoms with Gasteiger partial charge in [0.2, 0.25) is 0 Å². The standard InChI is InChI=1S/C18H15FN2O2/c1-11-5-3-4-6-15(11)21-17(13-7-9-14(19)10-8-13)16(18(22)23)12(2)20-21/h3-10H,1-2H3,(H,22,23). The first-order valence-electron chi connectivity index (χ1n) is 7.14. The van der Waals surface area contributed by atoms with E-state index in [1.165, 1.54) is 12.1 Å². The van der Waals surface area contributed by atoms with Gasteiger partial charge in [-0.05, 0) is 49.7 Å². The highest BCUT2D eigenvalue weighted by Gasteiger charge is 2.23. The lowest BCUT2D eigenvalue weighted by atomic mass is 10.1. The Morgan fingerprint density at radius 2 is 1.74 bits per heavy atom. The van der Waals surface area contributed by atoms with Crippen LogP contribution in [0.15, 0.2) is 48.5 Å². The second-order valence-corrected chi connectivity index (χ2v) is 5.32. The molecule has 1 aromatic heterocycles. The molecule has 0 aliphatic carbocycles. The van der Waals surface area contributed by atoms with Crippen molar-refractivity contribution in [1.29, 1.82) is 0 Å². The minimum Gasteiger partial charge on any atom is -0.478 e. The van der Waals surface area contributed by atoms with Crippen LogP contribution in [0.4, 0.5) is 4.39 Å². The third-order valence-corrected chi connectivity index (χ3v) is 3.74. The van der Waals surface area contributed by atoms with Gasteiger partial charge in [-0.1, -0.05) is 18.2 Å². The molecular weight excluding hydrogens is 295 g/mol. The first-order valence-corrected chi connectivity index (χ1v) is 7.14. The predicted molar refractivity (Wildman–Crippen MR) is 85.4 cm³/mol. The van der Waals surface area contributed by atoms with Gasteiger partial charge >= 0.3 is 5.97 Å². The molecule has 4 nitrogen and oxygen atoms in total. The van der Waals surface area contributed by atoms with Gasteiger partial charge in [-0.2, -0.15) is 5.10 Å². The van der Waals surface area contributed by atoms with Crippen LogP contribution in [0, 0.1) is 19.7 Å². The van der Waals surface area contributed by atoms with E-state index in [-0.39, 0.29) is 11.4 Å². The fourth-order valence-electron chi connectivity index (χ4n) is 2.63. The molecule has 0 aliphatic heterocycles. The van der Waals surface area contributed by atoms with Crippen molar-refractivity contribution in [1.82, 2.24) is 9.78 Å². The van der Waals surface area contributed by atoms with Crippen LogP contribution in [0.5, 0.6) is 0 Å². The number of carbonyl (C=O) groups is 1. The highest BCUT2D eigenvalue weighted by atomic mass is 19.1. The third-order valence-electron chi connectivity index (χ3n) is 3.74. The molecule has 0 bridgehead atoms. The van der Waals surface area contributed by atoms with E-state index in [9.17, 15) is 14.3 Å². The fourth-order valence-corrected chi connectivity index (χ4v) is 2.63. The molecule has 1 heterocycles. The van der Waals surface area contributed by atoms with Crippen molar-refractivity contribution in [3.63, 3.8) is 0 Å². The van der Waals surface area contributed by atoms with E-state index in [0.717, 1.165) is 11.3 Å².